The summed E-state index contributed by atoms with van der Waals surface area (Å²) in [5, 5.41) is 14.6. The van der Waals surface area contributed by atoms with Crippen molar-refractivity contribution in [1.82, 2.24) is 24.6 Å². The van der Waals surface area contributed by atoms with Crippen LogP contribution in [0.5, 0.6) is 0 Å². The Morgan fingerprint density at radius 1 is 1.20 bits per heavy atom. The third-order valence-electron chi connectivity index (χ3n) is 7.08. The number of nitrogens with one attached hydrogen (secondary N) is 2. The first-order valence-corrected chi connectivity index (χ1v) is 14.5. The van der Waals surface area contributed by atoms with Crippen LogP contribution in [-0.2, 0) is 33.5 Å². The summed E-state index contributed by atoms with van der Waals surface area (Å²) in [6.07, 6.45) is 0.443. The number of H-pyrrole nitrogens is 1. The number of benzene rings is 1. The van der Waals surface area contributed by atoms with Gasteiger partial charge in [0.2, 0.25) is 11.8 Å². The van der Waals surface area contributed by atoms with Gasteiger partial charge in [0.05, 0.1) is 40.9 Å². The van der Waals surface area contributed by atoms with Crippen LogP contribution in [0.1, 0.15) is 37.4 Å². The Balaban J connectivity index is 1.75. The maximum absolute atomic E-state index is 14.3. The quantitative estimate of drug-likeness (QED) is 0.302. The van der Waals surface area contributed by atoms with Gasteiger partial charge >= 0.3 is 6.18 Å². The van der Waals surface area contributed by atoms with Gasteiger partial charge in [-0.05, 0) is 43.5 Å². The number of carbonyl (C=O) groups is 2. The van der Waals surface area contributed by atoms with Crippen LogP contribution in [0.4, 0.5) is 24.5 Å². The minimum absolute atomic E-state index is 0.0614. The maximum atomic E-state index is 14.3. The van der Waals surface area contributed by atoms with E-state index in [0.717, 1.165) is 28.5 Å². The molecule has 12 nitrogen and oxygen atoms in total. The van der Waals surface area contributed by atoms with Gasteiger partial charge in [-0.1, -0.05) is 24.6 Å². The van der Waals surface area contributed by atoms with Gasteiger partial charge < -0.3 is 25.0 Å². The van der Waals surface area contributed by atoms with Crippen molar-refractivity contribution in [2.45, 2.75) is 39.4 Å². The topological polar surface area (TPSA) is 146 Å². The molecule has 45 heavy (non-hydrogen) atoms. The van der Waals surface area contributed by atoms with E-state index < -0.39 is 29.8 Å². The van der Waals surface area contributed by atoms with E-state index in [1.54, 1.807) is 15.9 Å². The minimum atomic E-state index is -4.62. The fourth-order valence-corrected chi connectivity index (χ4v) is 5.04. The number of aromatic amines is 1. The van der Waals surface area contributed by atoms with E-state index in [1.165, 1.54) is 13.3 Å². The van der Waals surface area contributed by atoms with E-state index in [-0.39, 0.29) is 60.1 Å². The number of aromatic nitrogens is 4. The molecule has 0 spiro atoms. The second-order valence-corrected chi connectivity index (χ2v) is 10.7. The van der Waals surface area contributed by atoms with Gasteiger partial charge in [0.15, 0.2) is 0 Å². The molecule has 16 heteroatoms. The number of rotatable bonds is 7. The second kappa shape index (κ2) is 14.6. The molecule has 3 N–H and O–H groups in total. The van der Waals surface area contributed by atoms with Crippen LogP contribution in [0.15, 0.2) is 47.2 Å². The van der Waals surface area contributed by atoms with Crippen molar-refractivity contribution in [3.05, 3.63) is 74.9 Å². The highest BCUT2D eigenvalue weighted by molar-refractivity contribution is 6.33. The molecule has 3 heterocycles. The highest BCUT2D eigenvalue weighted by Crippen LogP contribution is 2.33. The van der Waals surface area contributed by atoms with Crippen LogP contribution in [0.2, 0.25) is 5.02 Å². The van der Waals surface area contributed by atoms with Crippen molar-refractivity contribution in [3.63, 3.8) is 0 Å². The number of hydrogen-bond donors (Lipinski definition) is 3. The zero-order chi connectivity index (χ0) is 32.7. The van der Waals surface area contributed by atoms with E-state index in [9.17, 15) is 32.7 Å². The number of ether oxygens (including phenoxy) is 1. The predicted octanol–water partition coefficient (Wildman–Crippen LogP) is 3.88. The summed E-state index contributed by atoms with van der Waals surface area (Å²) < 4.78 is 45.8. The van der Waals surface area contributed by atoms with Gasteiger partial charge in [0.25, 0.3) is 5.56 Å². The number of piperazine rings is 1. The lowest BCUT2D eigenvalue weighted by atomic mass is 10.1. The molecule has 1 aromatic heterocycles. The third-order valence-corrected chi connectivity index (χ3v) is 7.39. The van der Waals surface area contributed by atoms with Gasteiger partial charge in [0.1, 0.15) is 24.4 Å². The lowest BCUT2D eigenvalue weighted by molar-refractivity contribution is -0.137. The zero-order valence-corrected chi connectivity index (χ0v) is 25.4. The minimum Gasteiger partial charge on any atom is -0.512 e. The summed E-state index contributed by atoms with van der Waals surface area (Å²) in [7, 11) is 0. The fraction of sp³-hybridized carbons (Fsp3) is 0.414. The molecule has 1 aromatic carbocycles. The van der Waals surface area contributed by atoms with Crippen LogP contribution < -0.4 is 15.8 Å². The maximum Gasteiger partial charge on any atom is 0.416 e. The van der Waals surface area contributed by atoms with Gasteiger partial charge in [-0.25, -0.2) is 14.6 Å². The number of alkyl halides is 3. The van der Waals surface area contributed by atoms with Crippen LogP contribution in [0.25, 0.3) is 5.57 Å². The Hall–Kier alpha value is -4.37. The Morgan fingerprint density at radius 3 is 2.53 bits per heavy atom. The average Bonchev–Trinajstić information content (AvgIpc) is 3.06. The lowest BCUT2D eigenvalue weighted by Gasteiger charge is -2.35. The Kier molecular flexibility index (Phi) is 10.9. The Bertz CT molecular complexity index is 1610. The highest BCUT2D eigenvalue weighted by atomic mass is 35.5. The first-order valence-electron chi connectivity index (χ1n) is 14.1. The predicted molar refractivity (Wildman–Crippen MR) is 161 cm³/mol. The number of aryl methyl sites for hydroxylation is 1. The molecule has 0 saturated carbocycles. The number of aliphatic hydroxyl groups excluding tert-OH is 1. The molecule has 2 aliphatic rings. The molecule has 0 atom stereocenters. The van der Waals surface area contributed by atoms with Crippen LogP contribution >= 0.6 is 11.6 Å². The SMILES string of the molecule is CCc1ncnc(C2=CCOCC2)[nH]n(CC(=O)Nc2ccc(C(F)(F)F)cc2Cl)c(=O)c1N1CCN(C(=O)/C=C(/C)O)CC1. The van der Waals surface area contributed by atoms with E-state index >= 15 is 0 Å². The molecule has 2 amide bonds. The summed E-state index contributed by atoms with van der Waals surface area (Å²) in [5.41, 5.74) is -0.314. The number of aliphatic hydroxyl groups is 1. The number of anilines is 2. The molecule has 0 unspecified atom stereocenters. The molecule has 242 valence electrons. The first-order chi connectivity index (χ1) is 21.4. The monoisotopic (exact) mass is 651 g/mol. The third kappa shape index (κ3) is 8.63. The number of amides is 2. The first kappa shape index (κ1) is 33.5. The summed E-state index contributed by atoms with van der Waals surface area (Å²) >= 11 is 6.04. The molecule has 1 fully saturated rings. The summed E-state index contributed by atoms with van der Waals surface area (Å²) in [6, 6.07) is 2.54. The van der Waals surface area contributed by atoms with Crippen molar-refractivity contribution in [1.29, 1.82) is 0 Å². The molecule has 1 saturated heterocycles. The van der Waals surface area contributed by atoms with Crippen molar-refractivity contribution < 1.29 is 32.6 Å². The van der Waals surface area contributed by atoms with E-state index in [2.05, 4.69) is 20.4 Å². The average molecular weight is 652 g/mol. The van der Waals surface area contributed by atoms with E-state index in [0.29, 0.717) is 37.8 Å². The van der Waals surface area contributed by atoms with E-state index in [4.69, 9.17) is 16.3 Å². The smallest absolute Gasteiger partial charge is 0.416 e. The van der Waals surface area contributed by atoms with Gasteiger partial charge in [0, 0.05) is 32.3 Å². The van der Waals surface area contributed by atoms with Crippen molar-refractivity contribution in [3.8, 4) is 0 Å². The molecule has 0 radical (unpaired) electrons. The van der Waals surface area contributed by atoms with Crippen molar-refractivity contribution in [2.24, 2.45) is 0 Å². The lowest BCUT2D eigenvalue weighted by Crippen LogP contribution is -2.50. The van der Waals surface area contributed by atoms with E-state index in [1.807, 2.05) is 6.92 Å². The Morgan fingerprint density at radius 2 is 1.93 bits per heavy atom. The summed E-state index contributed by atoms with van der Waals surface area (Å²) in [5.74, 6) is -0.943. The molecular formula is C29H33ClF3N7O5. The summed E-state index contributed by atoms with van der Waals surface area (Å²) in [4.78, 5) is 52.1. The largest absolute Gasteiger partial charge is 0.512 e. The normalized spacial score (nSPS) is 15.8. The second-order valence-electron chi connectivity index (χ2n) is 10.3. The fourth-order valence-electron chi connectivity index (χ4n) is 4.81. The molecule has 2 aromatic rings. The molecule has 2 aliphatic heterocycles. The van der Waals surface area contributed by atoms with Crippen LogP contribution in [-0.4, -0.2) is 81.0 Å². The number of allylic oxidation sites excluding steroid dienone is 1. The Labute approximate surface area is 261 Å². The van der Waals surface area contributed by atoms with Crippen molar-refractivity contribution in [2.75, 3.05) is 49.6 Å². The van der Waals surface area contributed by atoms with Crippen molar-refractivity contribution >= 4 is 40.4 Å². The molecular weight excluding hydrogens is 619 g/mol. The van der Waals surface area contributed by atoms with Crippen LogP contribution in [0.3, 0.4) is 0 Å². The molecule has 4 rings (SSSR count). The van der Waals surface area contributed by atoms with Gasteiger partial charge in [-0.15, -0.1) is 0 Å². The molecule has 0 aliphatic carbocycles. The van der Waals surface area contributed by atoms with Crippen LogP contribution in [0, 0.1) is 0 Å². The zero-order valence-electron chi connectivity index (χ0n) is 24.7. The number of nitrogens with zero attached hydrogens (tertiary/aromatic N) is 5. The van der Waals surface area contributed by atoms with Gasteiger partial charge in [-0.3, -0.25) is 19.5 Å². The number of halogens is 4. The highest BCUT2D eigenvalue weighted by Gasteiger charge is 2.31. The number of carbonyl (C=O) groups excluding carboxylic acids is 2. The number of hydrogen-bond acceptors (Lipinski definition) is 8. The standard InChI is InChI=1S/C29H33ClF3N7O5/c1-3-22-26(39-10-8-38(9-11-39)25(43)14-18(2)41)28(44)40(37-27(35-17-34-22)19-6-12-45-13-7-19)16-24(42)36-23-5-4-20(15-21(23)30)29(31,32)33/h4-6,14-15,17,41H,3,7-13,16H2,1-2H3,(H,36,42)(H,34,35,37)/b18-14-,26-22?. The summed E-state index contributed by atoms with van der Waals surface area (Å²) in [6.45, 7) is 4.44. The van der Waals surface area contributed by atoms with Gasteiger partial charge in [-0.2, -0.15) is 13.2 Å². The molecule has 0 bridgehead atoms.